The lowest BCUT2D eigenvalue weighted by molar-refractivity contribution is -0.140. The fraction of sp³-hybridized carbons (Fsp3) is 0.857. The average molecular weight is 269 g/mol. The van der Waals surface area contributed by atoms with Gasteiger partial charge in [-0.1, -0.05) is 12.8 Å². The minimum absolute atomic E-state index is 0.0290. The summed E-state index contributed by atoms with van der Waals surface area (Å²) in [6.07, 6.45) is 6.43. The van der Waals surface area contributed by atoms with Crippen LogP contribution in [0.15, 0.2) is 0 Å². The molecule has 1 saturated heterocycles. The zero-order chi connectivity index (χ0) is 13.7. The zero-order valence-corrected chi connectivity index (χ0v) is 11.3. The van der Waals surface area contributed by atoms with Crippen molar-refractivity contribution in [2.24, 2.45) is 5.41 Å². The van der Waals surface area contributed by atoms with E-state index in [1.807, 2.05) is 0 Å². The molecular weight excluding hydrogens is 246 g/mol. The van der Waals surface area contributed by atoms with Crippen molar-refractivity contribution in [3.05, 3.63) is 0 Å². The SMILES string of the molecule is O=C(O)CC1(CC(=O)NCC2CCCO2)CCCC1. The summed E-state index contributed by atoms with van der Waals surface area (Å²) in [6.45, 7) is 1.34. The molecule has 0 aromatic rings. The summed E-state index contributed by atoms with van der Waals surface area (Å²) in [5.74, 6) is -0.826. The van der Waals surface area contributed by atoms with Gasteiger partial charge in [0.05, 0.1) is 12.5 Å². The first kappa shape index (κ1) is 14.3. The van der Waals surface area contributed by atoms with Crippen LogP contribution in [-0.2, 0) is 14.3 Å². The van der Waals surface area contributed by atoms with Crippen LogP contribution < -0.4 is 5.32 Å². The highest BCUT2D eigenvalue weighted by atomic mass is 16.5. The monoisotopic (exact) mass is 269 g/mol. The van der Waals surface area contributed by atoms with Gasteiger partial charge >= 0.3 is 5.97 Å². The Hall–Kier alpha value is -1.10. The van der Waals surface area contributed by atoms with Gasteiger partial charge < -0.3 is 15.2 Å². The van der Waals surface area contributed by atoms with Crippen molar-refractivity contribution in [3.63, 3.8) is 0 Å². The van der Waals surface area contributed by atoms with E-state index in [1.54, 1.807) is 0 Å². The molecule has 1 heterocycles. The van der Waals surface area contributed by atoms with Crippen molar-refractivity contribution in [1.29, 1.82) is 0 Å². The molecule has 0 spiro atoms. The summed E-state index contributed by atoms with van der Waals surface area (Å²) in [7, 11) is 0. The van der Waals surface area contributed by atoms with Crippen molar-refractivity contribution in [2.45, 2.75) is 57.5 Å². The van der Waals surface area contributed by atoms with E-state index >= 15 is 0 Å². The molecule has 1 aliphatic heterocycles. The molecule has 1 aliphatic carbocycles. The Morgan fingerprint density at radius 2 is 1.95 bits per heavy atom. The summed E-state index contributed by atoms with van der Waals surface area (Å²) in [4.78, 5) is 22.9. The molecule has 1 saturated carbocycles. The topological polar surface area (TPSA) is 75.6 Å². The maximum Gasteiger partial charge on any atom is 0.303 e. The van der Waals surface area contributed by atoms with Gasteiger partial charge in [0, 0.05) is 19.6 Å². The Morgan fingerprint density at radius 3 is 2.53 bits per heavy atom. The average Bonchev–Trinajstić information content (AvgIpc) is 2.97. The van der Waals surface area contributed by atoms with Crippen LogP contribution in [0.1, 0.15) is 51.4 Å². The van der Waals surface area contributed by atoms with E-state index in [1.165, 1.54) is 0 Å². The van der Waals surface area contributed by atoms with Crippen LogP contribution in [0.5, 0.6) is 0 Å². The number of rotatable bonds is 6. The van der Waals surface area contributed by atoms with Gasteiger partial charge in [-0.2, -0.15) is 0 Å². The summed E-state index contributed by atoms with van der Waals surface area (Å²) in [6, 6.07) is 0. The summed E-state index contributed by atoms with van der Waals surface area (Å²) >= 11 is 0. The Morgan fingerprint density at radius 1 is 1.21 bits per heavy atom. The van der Waals surface area contributed by atoms with E-state index < -0.39 is 5.97 Å². The molecule has 0 radical (unpaired) electrons. The predicted molar refractivity (Wildman–Crippen MR) is 69.8 cm³/mol. The highest BCUT2D eigenvalue weighted by Gasteiger charge is 2.38. The number of aliphatic carboxylic acids is 1. The molecule has 2 rings (SSSR count). The summed E-state index contributed by atoms with van der Waals surface area (Å²) < 4.78 is 5.45. The molecule has 108 valence electrons. The minimum atomic E-state index is -0.797. The molecular formula is C14H23NO4. The first-order valence-corrected chi connectivity index (χ1v) is 7.20. The molecule has 2 N–H and O–H groups in total. The number of amides is 1. The second-order valence-electron chi connectivity index (χ2n) is 5.89. The number of carboxylic acid groups (broad SMARTS) is 1. The lowest BCUT2D eigenvalue weighted by Crippen LogP contribution is -2.36. The number of carbonyl (C=O) groups excluding carboxylic acids is 1. The molecule has 5 heteroatoms. The third kappa shape index (κ3) is 4.20. The Bertz CT molecular complexity index is 330. The Balaban J connectivity index is 1.79. The second-order valence-corrected chi connectivity index (χ2v) is 5.89. The van der Waals surface area contributed by atoms with Gasteiger partial charge in [0.15, 0.2) is 0 Å². The van der Waals surface area contributed by atoms with Gasteiger partial charge in [-0.25, -0.2) is 0 Å². The maximum absolute atomic E-state index is 12.0. The number of nitrogens with one attached hydrogen (secondary N) is 1. The van der Waals surface area contributed by atoms with Gasteiger partial charge in [0.1, 0.15) is 0 Å². The molecule has 0 aromatic carbocycles. The number of carbonyl (C=O) groups is 2. The minimum Gasteiger partial charge on any atom is -0.481 e. The summed E-state index contributed by atoms with van der Waals surface area (Å²) in [5.41, 5.74) is -0.313. The summed E-state index contributed by atoms with van der Waals surface area (Å²) in [5, 5.41) is 11.9. The van der Waals surface area contributed by atoms with E-state index in [0.29, 0.717) is 13.0 Å². The molecule has 2 aliphatic rings. The van der Waals surface area contributed by atoms with Gasteiger partial charge in [-0.05, 0) is 31.1 Å². The van der Waals surface area contributed by atoms with Crippen molar-refractivity contribution >= 4 is 11.9 Å². The fourth-order valence-electron chi connectivity index (χ4n) is 3.30. The molecule has 19 heavy (non-hydrogen) atoms. The maximum atomic E-state index is 12.0. The van der Waals surface area contributed by atoms with Gasteiger partial charge in [0.2, 0.25) is 5.91 Å². The van der Waals surface area contributed by atoms with Crippen molar-refractivity contribution in [1.82, 2.24) is 5.32 Å². The van der Waals surface area contributed by atoms with Crippen LogP contribution in [-0.4, -0.2) is 36.2 Å². The van der Waals surface area contributed by atoms with Crippen LogP contribution in [0.2, 0.25) is 0 Å². The van der Waals surface area contributed by atoms with Crippen molar-refractivity contribution in [2.75, 3.05) is 13.2 Å². The third-order valence-electron chi connectivity index (χ3n) is 4.28. The smallest absolute Gasteiger partial charge is 0.303 e. The van der Waals surface area contributed by atoms with E-state index in [2.05, 4.69) is 5.32 Å². The zero-order valence-electron chi connectivity index (χ0n) is 11.3. The van der Waals surface area contributed by atoms with Gasteiger partial charge in [-0.3, -0.25) is 9.59 Å². The fourth-order valence-corrected chi connectivity index (χ4v) is 3.30. The molecule has 2 fully saturated rings. The molecule has 5 nitrogen and oxygen atoms in total. The van der Waals surface area contributed by atoms with Gasteiger partial charge in [-0.15, -0.1) is 0 Å². The van der Waals surface area contributed by atoms with Crippen molar-refractivity contribution in [3.8, 4) is 0 Å². The normalized spacial score (nSPS) is 25.4. The van der Waals surface area contributed by atoms with Crippen LogP contribution in [0, 0.1) is 5.41 Å². The number of ether oxygens (including phenoxy) is 1. The largest absolute Gasteiger partial charge is 0.481 e. The van der Waals surface area contributed by atoms with E-state index in [9.17, 15) is 9.59 Å². The highest BCUT2D eigenvalue weighted by Crippen LogP contribution is 2.43. The quantitative estimate of drug-likeness (QED) is 0.769. The molecule has 0 aromatic heterocycles. The first-order valence-electron chi connectivity index (χ1n) is 7.20. The van der Waals surface area contributed by atoms with Crippen LogP contribution in [0.3, 0.4) is 0 Å². The Labute approximate surface area is 113 Å². The highest BCUT2D eigenvalue weighted by molar-refractivity contribution is 5.78. The number of hydrogen-bond acceptors (Lipinski definition) is 3. The second kappa shape index (κ2) is 6.37. The first-order chi connectivity index (χ1) is 9.10. The lowest BCUT2D eigenvalue weighted by atomic mass is 9.79. The molecule has 0 bridgehead atoms. The van der Waals surface area contributed by atoms with Gasteiger partial charge in [0.25, 0.3) is 0 Å². The Kier molecular flexibility index (Phi) is 4.80. The van der Waals surface area contributed by atoms with Crippen LogP contribution in [0.4, 0.5) is 0 Å². The van der Waals surface area contributed by atoms with Crippen molar-refractivity contribution < 1.29 is 19.4 Å². The predicted octanol–water partition coefficient (Wildman–Crippen LogP) is 1.71. The van der Waals surface area contributed by atoms with E-state index in [0.717, 1.165) is 45.1 Å². The molecule has 1 unspecified atom stereocenters. The molecule has 1 amide bonds. The number of hydrogen-bond donors (Lipinski definition) is 2. The number of carboxylic acids is 1. The third-order valence-corrected chi connectivity index (χ3v) is 4.28. The van der Waals surface area contributed by atoms with Crippen LogP contribution >= 0.6 is 0 Å². The van der Waals surface area contributed by atoms with E-state index in [4.69, 9.17) is 9.84 Å². The standard InChI is InChI=1S/C14H23NO4/c16-12(15-10-11-4-3-7-19-11)8-14(9-13(17)18)5-1-2-6-14/h11H,1-10H2,(H,15,16)(H,17,18). The van der Waals surface area contributed by atoms with E-state index in [-0.39, 0.29) is 23.8 Å². The molecule has 1 atom stereocenters. The lowest BCUT2D eigenvalue weighted by Gasteiger charge is -2.26. The van der Waals surface area contributed by atoms with Crippen LogP contribution in [0.25, 0.3) is 0 Å².